The predicted molar refractivity (Wildman–Crippen MR) is 113 cm³/mol. The number of nitrogens with zero attached hydrogens (tertiary/aromatic N) is 2. The minimum Gasteiger partial charge on any atom is -0.489 e. The Hall–Kier alpha value is -1.79. The molecule has 2 aliphatic rings. The molecule has 0 spiro atoms. The number of ether oxygens (including phenoxy) is 2. The zero-order chi connectivity index (χ0) is 20.8. The first-order valence-corrected chi connectivity index (χ1v) is 11.0. The van der Waals surface area contributed by atoms with E-state index in [4.69, 9.17) is 21.1 Å². The van der Waals surface area contributed by atoms with Crippen LogP contribution in [0.3, 0.4) is 0 Å². The van der Waals surface area contributed by atoms with Gasteiger partial charge in [0.25, 0.3) is 5.91 Å². The van der Waals surface area contributed by atoms with Crippen molar-refractivity contribution in [1.29, 1.82) is 0 Å². The summed E-state index contributed by atoms with van der Waals surface area (Å²) in [6, 6.07) is 5.23. The summed E-state index contributed by atoms with van der Waals surface area (Å²) in [4.78, 5) is 28.5. The highest BCUT2D eigenvalue weighted by atomic mass is 35.5. The van der Waals surface area contributed by atoms with Crippen molar-refractivity contribution in [2.24, 2.45) is 0 Å². The zero-order valence-electron chi connectivity index (χ0n) is 17.4. The van der Waals surface area contributed by atoms with Crippen molar-refractivity contribution < 1.29 is 19.1 Å². The summed E-state index contributed by atoms with van der Waals surface area (Å²) in [5, 5.41) is 0.517. The highest BCUT2D eigenvalue weighted by Crippen LogP contribution is 2.28. The van der Waals surface area contributed by atoms with Crippen molar-refractivity contribution in [3.63, 3.8) is 0 Å². The summed E-state index contributed by atoms with van der Waals surface area (Å²) in [7, 11) is 0. The van der Waals surface area contributed by atoms with E-state index < -0.39 is 0 Å². The minimum atomic E-state index is -0.0616. The van der Waals surface area contributed by atoms with Gasteiger partial charge in [-0.05, 0) is 37.5 Å². The lowest BCUT2D eigenvalue weighted by Gasteiger charge is -2.34. The van der Waals surface area contributed by atoms with Crippen molar-refractivity contribution in [3.8, 4) is 5.75 Å². The van der Waals surface area contributed by atoms with Gasteiger partial charge in [0.05, 0.1) is 11.7 Å². The van der Waals surface area contributed by atoms with Gasteiger partial charge in [-0.25, -0.2) is 0 Å². The van der Waals surface area contributed by atoms with Gasteiger partial charge in [0.1, 0.15) is 11.9 Å². The van der Waals surface area contributed by atoms with Crippen LogP contribution in [0.2, 0.25) is 5.02 Å². The average Bonchev–Trinajstić information content (AvgIpc) is 2.73. The Morgan fingerprint density at radius 3 is 2.55 bits per heavy atom. The molecule has 0 aromatic heterocycles. The molecule has 1 atom stereocenters. The molecule has 3 rings (SSSR count). The second-order valence-corrected chi connectivity index (χ2v) is 8.29. The van der Waals surface area contributed by atoms with E-state index in [0.717, 1.165) is 38.7 Å². The van der Waals surface area contributed by atoms with E-state index in [1.54, 1.807) is 25.1 Å². The van der Waals surface area contributed by atoms with Gasteiger partial charge in [0, 0.05) is 57.6 Å². The lowest BCUT2D eigenvalue weighted by atomic mass is 10.1. The lowest BCUT2D eigenvalue weighted by Crippen LogP contribution is -2.43. The van der Waals surface area contributed by atoms with Gasteiger partial charge in [-0.3, -0.25) is 9.59 Å². The number of likely N-dealkylation sites (tertiary alicyclic amines) is 2. The largest absolute Gasteiger partial charge is 0.489 e. The molecule has 0 N–H and O–H groups in total. The first-order chi connectivity index (χ1) is 14.0. The molecule has 0 bridgehead atoms. The Morgan fingerprint density at radius 2 is 1.86 bits per heavy atom. The predicted octanol–water partition coefficient (Wildman–Crippen LogP) is 3.76. The molecule has 0 radical (unpaired) electrons. The van der Waals surface area contributed by atoms with E-state index in [1.807, 2.05) is 9.80 Å². The Kier molecular flexibility index (Phi) is 7.78. The first-order valence-electron chi connectivity index (χ1n) is 10.6. The molecule has 6 nitrogen and oxygen atoms in total. The smallest absolute Gasteiger partial charge is 0.257 e. The molecule has 7 heteroatoms. The highest BCUT2D eigenvalue weighted by molar-refractivity contribution is 6.31. The van der Waals surface area contributed by atoms with Crippen molar-refractivity contribution in [2.75, 3.05) is 32.8 Å². The van der Waals surface area contributed by atoms with Crippen molar-refractivity contribution in [3.05, 3.63) is 28.8 Å². The standard InChI is InChI=1S/C22H31ClN2O4/c1-3-13-28-19-5-4-10-25(15-19)22(27)20-14-17(23)6-7-21(20)29-18-8-11-24(12-9-18)16(2)26/h6-7,14,18-19H,3-5,8-13,15H2,1-2H3/t19-/m1/s1. The van der Waals surface area contributed by atoms with Crippen LogP contribution in [0.5, 0.6) is 5.75 Å². The SMILES string of the molecule is CCCO[C@@H]1CCCN(C(=O)c2cc(Cl)ccc2OC2CCN(C(C)=O)CC2)C1. The number of benzene rings is 1. The van der Waals surface area contributed by atoms with Crippen LogP contribution in [0, 0.1) is 0 Å². The summed E-state index contributed by atoms with van der Waals surface area (Å²) < 4.78 is 12.1. The average molecular weight is 423 g/mol. The van der Waals surface area contributed by atoms with Gasteiger partial charge < -0.3 is 19.3 Å². The number of rotatable bonds is 6. The lowest BCUT2D eigenvalue weighted by molar-refractivity contribution is -0.130. The molecule has 2 amide bonds. The maximum absolute atomic E-state index is 13.3. The Morgan fingerprint density at radius 1 is 1.10 bits per heavy atom. The van der Waals surface area contributed by atoms with Crippen LogP contribution in [-0.2, 0) is 9.53 Å². The number of halogens is 1. The molecule has 1 aromatic rings. The van der Waals surface area contributed by atoms with Crippen LogP contribution in [0.25, 0.3) is 0 Å². The molecule has 0 saturated carbocycles. The van der Waals surface area contributed by atoms with Gasteiger partial charge in [-0.2, -0.15) is 0 Å². The third kappa shape index (κ3) is 5.86. The highest BCUT2D eigenvalue weighted by Gasteiger charge is 2.28. The van der Waals surface area contributed by atoms with Crippen LogP contribution in [0.1, 0.15) is 56.3 Å². The van der Waals surface area contributed by atoms with Gasteiger partial charge in [-0.1, -0.05) is 18.5 Å². The number of carbonyl (C=O) groups excluding carboxylic acids is 2. The number of hydrogen-bond acceptors (Lipinski definition) is 4. The van der Waals surface area contributed by atoms with Gasteiger partial charge in [-0.15, -0.1) is 0 Å². The van der Waals surface area contributed by atoms with E-state index in [2.05, 4.69) is 6.92 Å². The summed E-state index contributed by atoms with van der Waals surface area (Å²) in [6.07, 6.45) is 4.48. The second-order valence-electron chi connectivity index (χ2n) is 7.85. The van der Waals surface area contributed by atoms with Crippen LogP contribution < -0.4 is 4.74 Å². The second kappa shape index (κ2) is 10.3. The first kappa shape index (κ1) is 21.9. The van der Waals surface area contributed by atoms with Gasteiger partial charge >= 0.3 is 0 Å². The topological polar surface area (TPSA) is 59.1 Å². The Labute approximate surface area is 178 Å². The molecule has 29 heavy (non-hydrogen) atoms. The Balaban J connectivity index is 1.68. The monoisotopic (exact) mass is 422 g/mol. The minimum absolute atomic E-state index is 0.0136. The fraction of sp³-hybridized carbons (Fsp3) is 0.636. The van der Waals surface area contributed by atoms with Crippen LogP contribution >= 0.6 is 11.6 Å². The number of hydrogen-bond donors (Lipinski definition) is 0. The third-order valence-electron chi connectivity index (χ3n) is 5.58. The van der Waals surface area contributed by atoms with E-state index in [-0.39, 0.29) is 24.0 Å². The summed E-state index contributed by atoms with van der Waals surface area (Å²) in [5.41, 5.74) is 0.502. The van der Waals surface area contributed by atoms with Gasteiger partial charge in [0.15, 0.2) is 0 Å². The van der Waals surface area contributed by atoms with Crippen molar-refractivity contribution in [1.82, 2.24) is 9.80 Å². The summed E-state index contributed by atoms with van der Waals surface area (Å²) in [5.74, 6) is 0.599. The maximum atomic E-state index is 13.3. The maximum Gasteiger partial charge on any atom is 0.257 e. The molecule has 1 aromatic carbocycles. The molecular weight excluding hydrogens is 392 g/mol. The number of carbonyl (C=O) groups is 2. The molecule has 0 unspecified atom stereocenters. The molecule has 0 aliphatic carbocycles. The van der Waals surface area contributed by atoms with E-state index in [9.17, 15) is 9.59 Å². The summed E-state index contributed by atoms with van der Waals surface area (Å²) >= 11 is 6.20. The van der Waals surface area contributed by atoms with E-state index in [1.165, 1.54) is 0 Å². The van der Waals surface area contributed by atoms with Crippen molar-refractivity contribution >= 4 is 23.4 Å². The zero-order valence-corrected chi connectivity index (χ0v) is 18.1. The molecule has 2 fully saturated rings. The molecular formula is C22H31ClN2O4. The fourth-order valence-electron chi connectivity index (χ4n) is 3.95. The van der Waals surface area contributed by atoms with E-state index >= 15 is 0 Å². The van der Waals surface area contributed by atoms with Crippen LogP contribution in [0.4, 0.5) is 0 Å². The normalized spacial score (nSPS) is 20.6. The number of piperidine rings is 2. The molecule has 2 heterocycles. The molecule has 160 valence electrons. The Bertz CT molecular complexity index is 719. The van der Waals surface area contributed by atoms with Crippen molar-refractivity contribution in [2.45, 2.75) is 58.2 Å². The van der Waals surface area contributed by atoms with Crippen LogP contribution in [-0.4, -0.2) is 66.6 Å². The van der Waals surface area contributed by atoms with Gasteiger partial charge in [0.2, 0.25) is 5.91 Å². The summed E-state index contributed by atoms with van der Waals surface area (Å²) in [6.45, 7) is 7.07. The fourth-order valence-corrected chi connectivity index (χ4v) is 4.13. The van der Waals surface area contributed by atoms with E-state index in [0.29, 0.717) is 42.5 Å². The molecule has 2 aliphatic heterocycles. The number of amides is 2. The van der Waals surface area contributed by atoms with Crippen LogP contribution in [0.15, 0.2) is 18.2 Å². The third-order valence-corrected chi connectivity index (χ3v) is 5.81. The quantitative estimate of drug-likeness (QED) is 0.700. The molecule has 2 saturated heterocycles.